The van der Waals surface area contributed by atoms with Gasteiger partial charge in [0.25, 0.3) is 5.69 Å². The minimum absolute atomic E-state index is 0.0389. The van der Waals surface area contributed by atoms with Crippen LogP contribution < -0.4 is 4.74 Å². The molecule has 0 spiro atoms. The lowest BCUT2D eigenvalue weighted by molar-refractivity contribution is -0.384. The summed E-state index contributed by atoms with van der Waals surface area (Å²) in [6.45, 7) is 4.50. The number of non-ortho nitro benzene ring substituents is 1. The number of carbonyl (C=O) groups is 2. The molecule has 1 aromatic rings. The van der Waals surface area contributed by atoms with Gasteiger partial charge in [-0.05, 0) is 30.9 Å². The highest BCUT2D eigenvalue weighted by Gasteiger charge is 2.08. The first-order valence-corrected chi connectivity index (χ1v) is 9.49. The number of nitrogens with zero attached hydrogens (tertiary/aromatic N) is 1. The molecule has 0 aromatic heterocycles. The Kier molecular flexibility index (Phi) is 10.7. The van der Waals surface area contributed by atoms with Gasteiger partial charge in [0.15, 0.2) is 0 Å². The van der Waals surface area contributed by atoms with Crippen LogP contribution >= 0.6 is 0 Å². The van der Waals surface area contributed by atoms with Gasteiger partial charge in [0.1, 0.15) is 5.75 Å². The number of unbranched alkanes of at least 4 members (excludes halogenated alkanes) is 5. The summed E-state index contributed by atoms with van der Waals surface area (Å²) in [5, 5.41) is 10.6. The zero-order valence-corrected chi connectivity index (χ0v) is 16.1. The third kappa shape index (κ3) is 11.0. The topological polar surface area (TPSA) is 95.7 Å². The molecule has 1 rings (SSSR count). The Morgan fingerprint density at radius 3 is 1.96 bits per heavy atom. The SMILES string of the molecule is CC(C)COC(=O)CCCCCCCCC(=O)Oc1ccc([N+](=O)[O-])cc1. The largest absolute Gasteiger partial charge is 0.465 e. The number of hydrogen-bond donors (Lipinski definition) is 0. The van der Waals surface area contributed by atoms with Gasteiger partial charge in [-0.2, -0.15) is 0 Å². The molecule has 7 nitrogen and oxygen atoms in total. The Labute approximate surface area is 160 Å². The molecular formula is C20H29NO6. The molecule has 0 unspecified atom stereocenters. The third-order valence-corrected chi connectivity index (χ3v) is 3.87. The van der Waals surface area contributed by atoms with Crippen molar-refractivity contribution < 1.29 is 24.0 Å². The van der Waals surface area contributed by atoms with E-state index in [1.807, 2.05) is 13.8 Å². The number of esters is 2. The summed E-state index contributed by atoms with van der Waals surface area (Å²) in [7, 11) is 0. The predicted molar refractivity (Wildman–Crippen MR) is 101 cm³/mol. The van der Waals surface area contributed by atoms with Crippen molar-refractivity contribution in [2.75, 3.05) is 6.61 Å². The third-order valence-electron chi connectivity index (χ3n) is 3.87. The molecule has 0 aliphatic carbocycles. The van der Waals surface area contributed by atoms with Crippen molar-refractivity contribution in [2.45, 2.75) is 65.2 Å². The molecule has 0 aliphatic rings. The monoisotopic (exact) mass is 379 g/mol. The van der Waals surface area contributed by atoms with Crippen LogP contribution in [0.25, 0.3) is 0 Å². The number of nitro benzene ring substituents is 1. The van der Waals surface area contributed by atoms with Gasteiger partial charge in [-0.1, -0.05) is 39.5 Å². The molecule has 0 bridgehead atoms. The van der Waals surface area contributed by atoms with E-state index >= 15 is 0 Å². The van der Waals surface area contributed by atoms with Gasteiger partial charge in [-0.15, -0.1) is 0 Å². The summed E-state index contributed by atoms with van der Waals surface area (Å²) in [4.78, 5) is 33.3. The minimum Gasteiger partial charge on any atom is -0.465 e. The highest BCUT2D eigenvalue weighted by molar-refractivity contribution is 5.72. The van der Waals surface area contributed by atoms with E-state index in [9.17, 15) is 19.7 Å². The molecule has 0 saturated carbocycles. The molecule has 0 radical (unpaired) electrons. The van der Waals surface area contributed by atoms with Crippen molar-refractivity contribution in [3.8, 4) is 5.75 Å². The van der Waals surface area contributed by atoms with Gasteiger partial charge in [0.2, 0.25) is 0 Å². The van der Waals surface area contributed by atoms with Crippen LogP contribution in [-0.4, -0.2) is 23.5 Å². The van der Waals surface area contributed by atoms with E-state index in [4.69, 9.17) is 9.47 Å². The quantitative estimate of drug-likeness (QED) is 0.160. The molecule has 0 N–H and O–H groups in total. The zero-order chi connectivity index (χ0) is 20.1. The molecule has 150 valence electrons. The molecule has 0 fully saturated rings. The molecule has 0 aliphatic heterocycles. The lowest BCUT2D eigenvalue weighted by atomic mass is 10.1. The Hall–Kier alpha value is -2.44. The summed E-state index contributed by atoms with van der Waals surface area (Å²) >= 11 is 0. The fourth-order valence-corrected chi connectivity index (χ4v) is 2.40. The first-order chi connectivity index (χ1) is 12.9. The van der Waals surface area contributed by atoms with Gasteiger partial charge in [-0.25, -0.2) is 0 Å². The van der Waals surface area contributed by atoms with E-state index in [-0.39, 0.29) is 17.6 Å². The van der Waals surface area contributed by atoms with Crippen LogP contribution in [0.2, 0.25) is 0 Å². The molecule has 0 amide bonds. The molecule has 1 aromatic carbocycles. The second kappa shape index (κ2) is 12.8. The fraction of sp³-hybridized carbons (Fsp3) is 0.600. The van der Waals surface area contributed by atoms with Crippen LogP contribution in [0, 0.1) is 16.0 Å². The maximum atomic E-state index is 11.7. The van der Waals surface area contributed by atoms with Gasteiger partial charge in [0, 0.05) is 25.0 Å². The normalized spacial score (nSPS) is 10.6. The predicted octanol–water partition coefficient (Wildman–Crippen LogP) is 4.82. The second-order valence-electron chi connectivity index (χ2n) is 6.92. The first kappa shape index (κ1) is 22.6. The number of carbonyl (C=O) groups excluding carboxylic acids is 2. The van der Waals surface area contributed by atoms with E-state index in [1.165, 1.54) is 24.3 Å². The fourth-order valence-electron chi connectivity index (χ4n) is 2.40. The second-order valence-corrected chi connectivity index (χ2v) is 6.92. The number of ether oxygens (including phenoxy) is 2. The first-order valence-electron chi connectivity index (χ1n) is 9.49. The van der Waals surface area contributed by atoms with Gasteiger partial charge >= 0.3 is 11.9 Å². The Balaban J connectivity index is 2.02. The zero-order valence-electron chi connectivity index (χ0n) is 16.1. The average molecular weight is 379 g/mol. The summed E-state index contributed by atoms with van der Waals surface area (Å²) < 4.78 is 10.3. The molecule has 7 heteroatoms. The Morgan fingerprint density at radius 2 is 1.44 bits per heavy atom. The van der Waals surface area contributed by atoms with Crippen molar-refractivity contribution in [2.24, 2.45) is 5.92 Å². The van der Waals surface area contributed by atoms with E-state index < -0.39 is 4.92 Å². The molecular weight excluding hydrogens is 350 g/mol. The molecule has 27 heavy (non-hydrogen) atoms. The Bertz CT molecular complexity index is 597. The molecule has 0 heterocycles. The van der Waals surface area contributed by atoms with Gasteiger partial charge in [-0.3, -0.25) is 19.7 Å². The number of benzene rings is 1. The molecule has 0 saturated heterocycles. The highest BCUT2D eigenvalue weighted by atomic mass is 16.6. The van der Waals surface area contributed by atoms with Crippen LogP contribution in [0.4, 0.5) is 5.69 Å². The Morgan fingerprint density at radius 1 is 0.926 bits per heavy atom. The summed E-state index contributed by atoms with van der Waals surface area (Å²) in [5.74, 6) is 0.213. The number of nitro groups is 1. The average Bonchev–Trinajstić information content (AvgIpc) is 2.62. The van der Waals surface area contributed by atoms with E-state index in [0.29, 0.717) is 31.1 Å². The lowest BCUT2D eigenvalue weighted by Gasteiger charge is -2.07. The van der Waals surface area contributed by atoms with Crippen LogP contribution in [0.5, 0.6) is 5.75 Å². The van der Waals surface area contributed by atoms with Crippen molar-refractivity contribution in [3.63, 3.8) is 0 Å². The van der Waals surface area contributed by atoms with Crippen molar-refractivity contribution in [1.29, 1.82) is 0 Å². The summed E-state index contributed by atoms with van der Waals surface area (Å²) in [5.41, 5.74) is -0.0389. The van der Waals surface area contributed by atoms with E-state index in [0.717, 1.165) is 38.5 Å². The van der Waals surface area contributed by atoms with Gasteiger partial charge < -0.3 is 9.47 Å². The van der Waals surface area contributed by atoms with E-state index in [2.05, 4.69) is 0 Å². The number of hydrogen-bond acceptors (Lipinski definition) is 6. The summed E-state index contributed by atoms with van der Waals surface area (Å²) in [6, 6.07) is 5.45. The lowest BCUT2D eigenvalue weighted by Crippen LogP contribution is -2.09. The van der Waals surface area contributed by atoms with Crippen LogP contribution in [0.1, 0.15) is 65.2 Å². The smallest absolute Gasteiger partial charge is 0.311 e. The maximum Gasteiger partial charge on any atom is 0.311 e. The van der Waals surface area contributed by atoms with Crippen LogP contribution in [0.3, 0.4) is 0 Å². The van der Waals surface area contributed by atoms with Crippen LogP contribution in [0.15, 0.2) is 24.3 Å². The van der Waals surface area contributed by atoms with Crippen molar-refractivity contribution >= 4 is 17.6 Å². The molecule has 0 atom stereocenters. The number of rotatable bonds is 13. The summed E-state index contributed by atoms with van der Waals surface area (Å²) in [6.07, 6.45) is 6.28. The minimum atomic E-state index is -0.500. The van der Waals surface area contributed by atoms with E-state index in [1.54, 1.807) is 0 Å². The maximum absolute atomic E-state index is 11.7. The van der Waals surface area contributed by atoms with Crippen LogP contribution in [-0.2, 0) is 14.3 Å². The van der Waals surface area contributed by atoms with Crippen molar-refractivity contribution in [1.82, 2.24) is 0 Å². The van der Waals surface area contributed by atoms with Crippen molar-refractivity contribution in [3.05, 3.63) is 34.4 Å². The standard InChI is InChI=1S/C20H29NO6/c1-16(2)15-26-19(22)9-7-5-3-4-6-8-10-20(23)27-18-13-11-17(12-14-18)21(24)25/h11-14,16H,3-10,15H2,1-2H3. The van der Waals surface area contributed by atoms with Gasteiger partial charge in [0.05, 0.1) is 11.5 Å². The highest BCUT2D eigenvalue weighted by Crippen LogP contribution is 2.18.